The van der Waals surface area contributed by atoms with Crippen molar-refractivity contribution >= 4 is 44.0 Å². The van der Waals surface area contributed by atoms with Crippen molar-refractivity contribution in [1.82, 2.24) is 0 Å². The number of aryl methyl sites for hydroxylation is 1. The van der Waals surface area contributed by atoms with E-state index in [1.807, 2.05) is 30.3 Å². The zero-order valence-corrected chi connectivity index (χ0v) is 22.5. The number of halogens is 2. The van der Waals surface area contributed by atoms with E-state index in [1.165, 1.54) is 13.3 Å². The summed E-state index contributed by atoms with van der Waals surface area (Å²) in [7, 11) is 1.47. The van der Waals surface area contributed by atoms with Gasteiger partial charge in [-0.25, -0.2) is 0 Å². The van der Waals surface area contributed by atoms with Gasteiger partial charge < -0.3 is 30.6 Å². The molecule has 2 aromatic rings. The Balaban J connectivity index is -0.000000946. The summed E-state index contributed by atoms with van der Waals surface area (Å²) in [4.78, 5) is 0. The maximum absolute atomic E-state index is 12.1. The van der Waals surface area contributed by atoms with E-state index in [0.29, 0.717) is 22.2 Å². The molecule has 2 rings (SSSR count). The zero-order chi connectivity index (χ0) is 22.9. The fourth-order valence-corrected chi connectivity index (χ4v) is 3.46. The Labute approximate surface area is 217 Å². The van der Waals surface area contributed by atoms with E-state index in [9.17, 15) is 10.2 Å². The molecular formula is C21H25Br2N2O6V-5. The van der Waals surface area contributed by atoms with E-state index < -0.39 is 0 Å². The van der Waals surface area contributed by atoms with Gasteiger partial charge in [0.25, 0.3) is 0 Å². The molecule has 2 aromatic carbocycles. The van der Waals surface area contributed by atoms with Crippen molar-refractivity contribution in [3.63, 3.8) is 0 Å². The van der Waals surface area contributed by atoms with Gasteiger partial charge in [-0.2, -0.15) is 10.2 Å². The van der Waals surface area contributed by atoms with Crippen LogP contribution < -0.4 is 25.2 Å². The molecule has 0 bridgehead atoms. The molecular weight excluding hydrogens is 587 g/mol. The maximum Gasteiger partial charge on any atom is 0.146 e. The Kier molecular flexibility index (Phi) is 23.6. The monoisotopic (exact) mass is 610 g/mol. The van der Waals surface area contributed by atoms with E-state index in [0.717, 1.165) is 5.56 Å². The van der Waals surface area contributed by atoms with Gasteiger partial charge >= 0.3 is 0 Å². The number of rotatable bonds is 6. The van der Waals surface area contributed by atoms with Crippen LogP contribution in [0.4, 0.5) is 0 Å². The number of hydrogen-bond acceptors (Lipinski definition) is 8. The summed E-state index contributed by atoms with van der Waals surface area (Å²) in [5, 5.41) is 49.0. The van der Waals surface area contributed by atoms with Crippen LogP contribution in [0.5, 0.6) is 11.5 Å². The third-order valence-corrected chi connectivity index (χ3v) is 4.51. The molecule has 0 fully saturated rings. The minimum atomic E-state index is -0.339. The van der Waals surface area contributed by atoms with Gasteiger partial charge in [0.1, 0.15) is 5.75 Å². The number of hydrogen-bond donors (Lipinski definition) is 0. The molecule has 0 aliphatic carbocycles. The van der Waals surface area contributed by atoms with E-state index in [-0.39, 0.29) is 59.8 Å². The van der Waals surface area contributed by atoms with Crippen LogP contribution in [0.3, 0.4) is 0 Å². The Morgan fingerprint density at radius 2 is 1.62 bits per heavy atom. The fourth-order valence-electron chi connectivity index (χ4n) is 1.99. The van der Waals surface area contributed by atoms with Crippen molar-refractivity contribution in [2.75, 3.05) is 20.3 Å². The van der Waals surface area contributed by atoms with Gasteiger partial charge in [-0.05, 0) is 67.8 Å². The molecule has 32 heavy (non-hydrogen) atoms. The minimum Gasteiger partial charge on any atom is -0.871 e. The van der Waals surface area contributed by atoms with Gasteiger partial charge in [0.05, 0.1) is 22.3 Å². The van der Waals surface area contributed by atoms with Crippen molar-refractivity contribution in [3.8, 4) is 11.5 Å². The molecule has 0 aliphatic rings. The third kappa shape index (κ3) is 13.9. The first kappa shape index (κ1) is 35.2. The Morgan fingerprint density at radius 3 is 2.12 bits per heavy atom. The van der Waals surface area contributed by atoms with Crippen molar-refractivity contribution in [1.29, 1.82) is 0 Å². The molecule has 0 aromatic heterocycles. The van der Waals surface area contributed by atoms with Crippen molar-refractivity contribution in [2.45, 2.75) is 26.7 Å². The van der Waals surface area contributed by atoms with Gasteiger partial charge in [-0.1, -0.05) is 49.9 Å². The second-order valence-electron chi connectivity index (χ2n) is 5.43. The Morgan fingerprint density at radius 1 is 1.09 bits per heavy atom. The second kappa shape index (κ2) is 21.5. The zero-order valence-electron chi connectivity index (χ0n) is 18.0. The van der Waals surface area contributed by atoms with Gasteiger partial charge in [0.15, 0.2) is 0 Å². The van der Waals surface area contributed by atoms with E-state index in [4.69, 9.17) is 14.9 Å². The molecule has 179 valence electrons. The summed E-state index contributed by atoms with van der Waals surface area (Å²) in [6.07, 6.45) is 2.13. The molecule has 0 spiro atoms. The average molecular weight is 612 g/mol. The SMILES string of the molecule is CC[O-].CC[O-].COc1c(Br)cc(/C=N/N=C(\[O-])CCc2ccccc2)c([O-])c1Br.[OH-].[V]. The average Bonchev–Trinajstić information content (AvgIpc) is 2.72. The number of ether oxygens (including phenoxy) is 1. The molecule has 0 unspecified atom stereocenters. The van der Waals surface area contributed by atoms with Crippen LogP contribution in [-0.2, 0) is 25.0 Å². The van der Waals surface area contributed by atoms with Gasteiger partial charge in [-0.3, -0.25) is 0 Å². The molecule has 1 N–H and O–H groups in total. The summed E-state index contributed by atoms with van der Waals surface area (Å²) < 4.78 is 6.01. The van der Waals surface area contributed by atoms with Gasteiger partial charge in [0.2, 0.25) is 0 Å². The maximum atomic E-state index is 12.1. The first-order valence-electron chi connectivity index (χ1n) is 9.06. The van der Waals surface area contributed by atoms with Gasteiger partial charge in [-0.15, -0.1) is 13.2 Å². The fraction of sp³-hybridized carbons (Fsp3) is 0.333. The van der Waals surface area contributed by atoms with Crippen LogP contribution in [0.15, 0.2) is 55.5 Å². The van der Waals surface area contributed by atoms with E-state index in [2.05, 4.69) is 42.1 Å². The van der Waals surface area contributed by atoms with Crippen LogP contribution in [0.2, 0.25) is 0 Å². The molecule has 8 nitrogen and oxygen atoms in total. The van der Waals surface area contributed by atoms with Crippen LogP contribution in [0, 0.1) is 0 Å². The summed E-state index contributed by atoms with van der Waals surface area (Å²) in [6, 6.07) is 11.2. The number of methoxy groups -OCH3 is 1. The predicted molar refractivity (Wildman–Crippen MR) is 121 cm³/mol. The molecule has 0 heterocycles. The third-order valence-electron chi connectivity index (χ3n) is 3.20. The molecule has 1 radical (unpaired) electrons. The smallest absolute Gasteiger partial charge is 0.146 e. The number of nitrogens with zero attached hydrogens (tertiary/aromatic N) is 2. The minimum absolute atomic E-state index is 0. The van der Waals surface area contributed by atoms with Crippen molar-refractivity contribution in [3.05, 3.63) is 56.5 Å². The molecule has 0 amide bonds. The predicted octanol–water partition coefficient (Wildman–Crippen LogP) is 1.57. The molecule has 0 atom stereocenters. The van der Waals surface area contributed by atoms with Crippen LogP contribution >= 0.6 is 31.9 Å². The molecule has 0 saturated heterocycles. The first-order chi connectivity index (χ1) is 14.4. The van der Waals surface area contributed by atoms with Crippen molar-refractivity contribution < 1.29 is 49.2 Å². The largest absolute Gasteiger partial charge is 0.871 e. The van der Waals surface area contributed by atoms with E-state index >= 15 is 0 Å². The second-order valence-corrected chi connectivity index (χ2v) is 7.07. The van der Waals surface area contributed by atoms with Crippen molar-refractivity contribution in [2.24, 2.45) is 10.2 Å². The first-order valence-corrected chi connectivity index (χ1v) is 10.6. The molecule has 0 saturated carbocycles. The van der Waals surface area contributed by atoms with Gasteiger partial charge in [0, 0.05) is 18.6 Å². The quantitative estimate of drug-likeness (QED) is 0.274. The topological polar surface area (TPSA) is 156 Å². The van der Waals surface area contributed by atoms with E-state index in [1.54, 1.807) is 19.9 Å². The Hall–Kier alpha value is -1.40. The normalized spacial score (nSPS) is 10.0. The van der Waals surface area contributed by atoms with Crippen LogP contribution in [0.1, 0.15) is 31.4 Å². The summed E-state index contributed by atoms with van der Waals surface area (Å²) in [5.41, 5.74) is 1.36. The Bertz CT molecular complexity index is 807. The standard InChI is InChI=1S/C17H16Br2N2O3.2C2H5O.H2O.V/c1-24-17-13(18)9-12(16(23)15(17)19)10-20-21-14(22)8-7-11-5-3-2-4-6-11;2*1-2-3;;/h2-6,9-10,23H,7-8H2,1H3,(H,21,22);2*2H2,1H3;1H2;/q;2*-1;;/p-3/b20-10+;;;;. The van der Waals surface area contributed by atoms with Crippen LogP contribution in [0.25, 0.3) is 0 Å². The number of benzene rings is 2. The molecule has 0 aliphatic heterocycles. The summed E-state index contributed by atoms with van der Waals surface area (Å²) in [6.45, 7) is 3.14. The van der Waals surface area contributed by atoms with Crippen LogP contribution in [-0.4, -0.2) is 37.9 Å². The summed E-state index contributed by atoms with van der Waals surface area (Å²) >= 11 is 6.50. The summed E-state index contributed by atoms with van der Waals surface area (Å²) in [5.74, 6) is -0.215. The molecule has 11 heteroatoms.